The van der Waals surface area contributed by atoms with E-state index in [0.29, 0.717) is 0 Å². The molecule has 46 valence electrons. The average Bonchev–Trinajstić information content (AvgIpc) is 1.83. The summed E-state index contributed by atoms with van der Waals surface area (Å²) in [5, 5.41) is 0. The summed E-state index contributed by atoms with van der Waals surface area (Å²) in [6, 6.07) is 0. The lowest BCUT2D eigenvalue weighted by atomic mass is 10.5. The van der Waals surface area contributed by atoms with Gasteiger partial charge in [0, 0.05) is 12.6 Å². The number of hydrogen-bond acceptors (Lipinski definition) is 2. The Morgan fingerprint density at radius 2 is 2.50 bits per heavy atom. The van der Waals surface area contributed by atoms with Crippen LogP contribution in [0, 0.1) is 0 Å². The zero-order chi connectivity index (χ0) is 6.41. The van der Waals surface area contributed by atoms with Gasteiger partial charge >= 0.3 is 0 Å². The van der Waals surface area contributed by atoms with Crippen molar-refractivity contribution in [3.05, 3.63) is 12.8 Å². The van der Waals surface area contributed by atoms with Gasteiger partial charge in [-0.3, -0.25) is 0 Å². The summed E-state index contributed by atoms with van der Waals surface area (Å²) in [4.78, 5) is 3.82. The van der Waals surface area contributed by atoms with Crippen molar-refractivity contribution in [1.82, 2.24) is 0 Å². The predicted octanol–water partition coefficient (Wildman–Crippen LogP) is 1.58. The first-order chi connectivity index (χ1) is 3.85. The maximum absolute atomic E-state index is 4.82. The van der Waals surface area contributed by atoms with Gasteiger partial charge in [0.1, 0.15) is 0 Å². The number of aliphatic imine (C=N–C) groups is 1. The summed E-state index contributed by atoms with van der Waals surface area (Å²) in [5.41, 5.74) is 0. The molecular weight excluding hydrogens is 102 g/mol. The largest absolute Gasteiger partial charge is 0.484 e. The molecule has 0 unspecified atom stereocenters. The molecule has 0 aliphatic heterocycles. The molecule has 0 saturated heterocycles. The SMILES string of the molecule is C=C/N=C(\CC)OC. The van der Waals surface area contributed by atoms with Crippen LogP contribution in [0.25, 0.3) is 0 Å². The molecule has 8 heavy (non-hydrogen) atoms. The Bertz CT molecular complexity index is 90.7. The summed E-state index contributed by atoms with van der Waals surface area (Å²) in [6.45, 7) is 5.41. The highest BCUT2D eigenvalue weighted by Gasteiger charge is 1.86. The quantitative estimate of drug-likeness (QED) is 0.393. The van der Waals surface area contributed by atoms with E-state index in [4.69, 9.17) is 4.74 Å². The fourth-order valence-electron chi connectivity index (χ4n) is 0.390. The lowest BCUT2D eigenvalue weighted by molar-refractivity contribution is 0.392. The molecule has 0 aromatic rings. The molecule has 0 aliphatic carbocycles. The van der Waals surface area contributed by atoms with Gasteiger partial charge in [0.05, 0.1) is 7.11 Å². The number of nitrogens with zero attached hydrogens (tertiary/aromatic N) is 1. The van der Waals surface area contributed by atoms with Gasteiger partial charge in [0.15, 0.2) is 5.90 Å². The van der Waals surface area contributed by atoms with Crippen LogP contribution in [0.15, 0.2) is 17.8 Å². The first kappa shape index (κ1) is 7.21. The van der Waals surface area contributed by atoms with Crippen LogP contribution in [0.1, 0.15) is 13.3 Å². The van der Waals surface area contributed by atoms with Crippen LogP contribution in [-0.4, -0.2) is 13.0 Å². The van der Waals surface area contributed by atoms with E-state index in [0.717, 1.165) is 12.3 Å². The van der Waals surface area contributed by atoms with Gasteiger partial charge in [0.2, 0.25) is 0 Å². The number of rotatable bonds is 2. The lowest BCUT2D eigenvalue weighted by Gasteiger charge is -1.96. The van der Waals surface area contributed by atoms with E-state index in [2.05, 4.69) is 11.6 Å². The van der Waals surface area contributed by atoms with E-state index in [1.54, 1.807) is 7.11 Å². The van der Waals surface area contributed by atoms with Crippen LogP contribution in [-0.2, 0) is 4.74 Å². The minimum Gasteiger partial charge on any atom is -0.484 e. The Balaban J connectivity index is 3.66. The predicted molar refractivity (Wildman–Crippen MR) is 34.9 cm³/mol. The third kappa shape index (κ3) is 2.39. The zero-order valence-corrected chi connectivity index (χ0v) is 5.35. The Morgan fingerprint density at radius 3 is 2.62 bits per heavy atom. The fraction of sp³-hybridized carbons (Fsp3) is 0.500. The van der Waals surface area contributed by atoms with Crippen LogP contribution < -0.4 is 0 Å². The Morgan fingerprint density at radius 1 is 1.88 bits per heavy atom. The second kappa shape index (κ2) is 4.37. The summed E-state index contributed by atoms with van der Waals surface area (Å²) in [7, 11) is 1.60. The molecule has 0 heterocycles. The average molecular weight is 113 g/mol. The number of methoxy groups -OCH3 is 1. The van der Waals surface area contributed by atoms with Gasteiger partial charge in [-0.15, -0.1) is 0 Å². The molecule has 2 nitrogen and oxygen atoms in total. The van der Waals surface area contributed by atoms with Crippen molar-refractivity contribution >= 4 is 5.90 Å². The maximum atomic E-state index is 4.82. The highest BCUT2D eigenvalue weighted by atomic mass is 16.5. The van der Waals surface area contributed by atoms with Crippen LogP contribution in [0.2, 0.25) is 0 Å². The Kier molecular flexibility index (Phi) is 3.94. The van der Waals surface area contributed by atoms with Gasteiger partial charge in [-0.1, -0.05) is 13.5 Å². The smallest absolute Gasteiger partial charge is 0.187 e. The topological polar surface area (TPSA) is 21.6 Å². The minimum atomic E-state index is 0.722. The molecular formula is C6H11NO. The van der Waals surface area contributed by atoms with E-state index in [-0.39, 0.29) is 0 Å². The van der Waals surface area contributed by atoms with E-state index in [1.165, 1.54) is 6.20 Å². The van der Waals surface area contributed by atoms with Gasteiger partial charge in [-0.05, 0) is 0 Å². The zero-order valence-electron chi connectivity index (χ0n) is 5.35. The highest BCUT2D eigenvalue weighted by Crippen LogP contribution is 1.85. The fourth-order valence-corrected chi connectivity index (χ4v) is 0.390. The molecule has 0 aromatic carbocycles. The summed E-state index contributed by atoms with van der Waals surface area (Å²) in [5.74, 6) is 0.722. The van der Waals surface area contributed by atoms with Crippen molar-refractivity contribution in [3.63, 3.8) is 0 Å². The second-order valence-electron chi connectivity index (χ2n) is 1.26. The normalized spacial score (nSPS) is 11.0. The molecule has 2 heteroatoms. The molecule has 0 radical (unpaired) electrons. The number of hydrogen-bond donors (Lipinski definition) is 0. The van der Waals surface area contributed by atoms with E-state index in [1.807, 2.05) is 6.92 Å². The first-order valence-corrected chi connectivity index (χ1v) is 2.56. The summed E-state index contributed by atoms with van der Waals surface area (Å²) < 4.78 is 4.82. The molecule has 0 N–H and O–H groups in total. The van der Waals surface area contributed by atoms with Gasteiger partial charge < -0.3 is 4.74 Å². The number of ether oxygens (including phenoxy) is 1. The molecule has 0 aromatic heterocycles. The van der Waals surface area contributed by atoms with Crippen molar-refractivity contribution in [2.75, 3.05) is 7.11 Å². The molecule has 0 bridgehead atoms. The molecule has 0 atom stereocenters. The lowest BCUT2D eigenvalue weighted by Crippen LogP contribution is -1.96. The van der Waals surface area contributed by atoms with Crippen molar-refractivity contribution in [2.45, 2.75) is 13.3 Å². The maximum Gasteiger partial charge on any atom is 0.187 e. The second-order valence-corrected chi connectivity index (χ2v) is 1.26. The van der Waals surface area contributed by atoms with Gasteiger partial charge in [-0.2, -0.15) is 0 Å². The van der Waals surface area contributed by atoms with Crippen LogP contribution in [0.3, 0.4) is 0 Å². The van der Waals surface area contributed by atoms with Crippen molar-refractivity contribution in [3.8, 4) is 0 Å². The highest BCUT2D eigenvalue weighted by molar-refractivity contribution is 5.76. The molecule has 0 aliphatic rings. The molecule has 0 rings (SSSR count). The molecule has 0 amide bonds. The van der Waals surface area contributed by atoms with Crippen molar-refractivity contribution in [2.24, 2.45) is 4.99 Å². The standard InChI is InChI=1S/C6H11NO/c1-4-6(8-3)7-5-2/h5H,2,4H2,1,3H3/b7-6+. The molecule has 0 saturated carbocycles. The minimum absolute atomic E-state index is 0.722. The van der Waals surface area contributed by atoms with Gasteiger partial charge in [0.25, 0.3) is 0 Å². The first-order valence-electron chi connectivity index (χ1n) is 2.56. The molecule has 0 fully saturated rings. The third-order valence-corrected chi connectivity index (χ3v) is 0.773. The van der Waals surface area contributed by atoms with Crippen LogP contribution in [0.5, 0.6) is 0 Å². The van der Waals surface area contributed by atoms with E-state index >= 15 is 0 Å². The van der Waals surface area contributed by atoms with Crippen LogP contribution in [0.4, 0.5) is 0 Å². The third-order valence-electron chi connectivity index (χ3n) is 0.773. The van der Waals surface area contributed by atoms with E-state index in [9.17, 15) is 0 Å². The van der Waals surface area contributed by atoms with E-state index < -0.39 is 0 Å². The molecule has 0 spiro atoms. The summed E-state index contributed by atoms with van der Waals surface area (Å²) in [6.07, 6.45) is 2.30. The summed E-state index contributed by atoms with van der Waals surface area (Å²) >= 11 is 0. The van der Waals surface area contributed by atoms with Gasteiger partial charge in [-0.25, -0.2) is 4.99 Å². The van der Waals surface area contributed by atoms with Crippen molar-refractivity contribution in [1.29, 1.82) is 0 Å². The monoisotopic (exact) mass is 113 g/mol. The van der Waals surface area contributed by atoms with Crippen LogP contribution >= 0.6 is 0 Å². The van der Waals surface area contributed by atoms with Crippen molar-refractivity contribution < 1.29 is 4.74 Å². The Hall–Kier alpha value is -0.790. The Labute approximate surface area is 49.9 Å².